The maximum Gasteiger partial charge on any atom is 0.0624 e. The summed E-state index contributed by atoms with van der Waals surface area (Å²) in [5.41, 5.74) is 1.09. The van der Waals surface area contributed by atoms with Crippen LogP contribution in [0.3, 0.4) is 0 Å². The molecule has 0 fully saturated rings. The smallest absolute Gasteiger partial charge is 0.0624 e. The Morgan fingerprint density at radius 1 is 1.19 bits per heavy atom. The van der Waals surface area contributed by atoms with Crippen molar-refractivity contribution >= 4 is 55.3 Å². The Hall–Kier alpha value is -0.580. The molecule has 0 saturated carbocycles. The Kier molecular flexibility index (Phi) is 4.87. The summed E-state index contributed by atoms with van der Waals surface area (Å²) in [6.45, 7) is 3.05. The lowest BCUT2D eigenvalue weighted by Gasteiger charge is -2.17. The molecule has 2 aromatic heterocycles. The monoisotopic (exact) mass is 355 g/mol. The van der Waals surface area contributed by atoms with E-state index in [4.69, 9.17) is 23.2 Å². The molecular weight excluding hydrogens is 341 g/mol. The maximum atomic E-state index is 6.33. The van der Waals surface area contributed by atoms with Gasteiger partial charge in [-0.1, -0.05) is 42.3 Å². The van der Waals surface area contributed by atoms with Crippen LogP contribution in [-0.2, 0) is 6.42 Å². The lowest BCUT2D eigenvalue weighted by Crippen LogP contribution is -2.22. The highest BCUT2D eigenvalue weighted by Crippen LogP contribution is 2.36. The van der Waals surface area contributed by atoms with E-state index in [9.17, 15) is 0 Å². The van der Waals surface area contributed by atoms with Gasteiger partial charge >= 0.3 is 0 Å². The summed E-state index contributed by atoms with van der Waals surface area (Å²) in [4.78, 5) is 1.36. The van der Waals surface area contributed by atoms with Gasteiger partial charge in [-0.25, -0.2) is 0 Å². The molecular formula is C16H15Cl2NS2. The topological polar surface area (TPSA) is 12.0 Å². The minimum absolute atomic E-state index is 0.274. The molecule has 5 heteroatoms. The van der Waals surface area contributed by atoms with Crippen molar-refractivity contribution in [3.8, 4) is 0 Å². The summed E-state index contributed by atoms with van der Waals surface area (Å²) in [7, 11) is 0. The molecule has 0 saturated heterocycles. The zero-order chi connectivity index (χ0) is 14.8. The molecule has 110 valence electrons. The number of hydrogen-bond donors (Lipinski definition) is 1. The molecule has 0 aliphatic rings. The van der Waals surface area contributed by atoms with E-state index in [1.807, 2.05) is 23.5 Å². The summed E-state index contributed by atoms with van der Waals surface area (Å²) < 4.78 is 2.71. The van der Waals surface area contributed by atoms with E-state index in [-0.39, 0.29) is 6.04 Å². The molecule has 0 radical (unpaired) electrons. The normalized spacial score (nSPS) is 12.9. The zero-order valence-electron chi connectivity index (χ0n) is 11.5. The second-order valence-corrected chi connectivity index (χ2v) is 7.67. The van der Waals surface area contributed by atoms with Crippen LogP contribution in [0.2, 0.25) is 10.0 Å². The summed E-state index contributed by atoms with van der Waals surface area (Å²) in [5.74, 6) is 0. The number of nitrogens with one attached hydrogen (secondary N) is 1. The summed E-state index contributed by atoms with van der Waals surface area (Å²) in [6.07, 6.45) is 0.848. The van der Waals surface area contributed by atoms with Gasteiger partial charge in [0.2, 0.25) is 0 Å². The van der Waals surface area contributed by atoms with Gasteiger partial charge in [0.1, 0.15) is 0 Å². The van der Waals surface area contributed by atoms with E-state index in [0.29, 0.717) is 10.0 Å². The number of thiophene rings is 2. The highest BCUT2D eigenvalue weighted by atomic mass is 35.5. The lowest BCUT2D eigenvalue weighted by molar-refractivity contribution is 0.558. The van der Waals surface area contributed by atoms with Gasteiger partial charge in [0.15, 0.2) is 0 Å². The van der Waals surface area contributed by atoms with Crippen LogP contribution in [0.25, 0.3) is 9.40 Å². The maximum absolute atomic E-state index is 6.33. The molecule has 3 rings (SSSR count). The first-order chi connectivity index (χ1) is 10.2. The fraction of sp³-hybridized carbons (Fsp3) is 0.250. The largest absolute Gasteiger partial charge is 0.309 e. The molecule has 1 N–H and O–H groups in total. The Morgan fingerprint density at radius 3 is 2.81 bits per heavy atom. The van der Waals surface area contributed by atoms with Crippen molar-refractivity contribution < 1.29 is 0 Å². The van der Waals surface area contributed by atoms with Crippen LogP contribution in [0.5, 0.6) is 0 Å². The van der Waals surface area contributed by atoms with Crippen molar-refractivity contribution in [1.82, 2.24) is 5.32 Å². The predicted octanol–water partition coefficient (Wildman–Crippen LogP) is 6.16. The van der Waals surface area contributed by atoms with Crippen LogP contribution in [0, 0.1) is 0 Å². The fourth-order valence-electron chi connectivity index (χ4n) is 2.40. The number of benzene rings is 1. The third-order valence-electron chi connectivity index (χ3n) is 3.41. The second-order valence-electron chi connectivity index (χ2n) is 4.83. The van der Waals surface area contributed by atoms with Crippen molar-refractivity contribution in [2.75, 3.05) is 6.54 Å². The van der Waals surface area contributed by atoms with Gasteiger partial charge in [0, 0.05) is 20.3 Å². The van der Waals surface area contributed by atoms with Crippen LogP contribution in [0.1, 0.15) is 23.4 Å². The molecule has 1 nitrogen and oxygen atoms in total. The highest BCUT2D eigenvalue weighted by Gasteiger charge is 2.17. The van der Waals surface area contributed by atoms with Crippen LogP contribution >= 0.6 is 45.9 Å². The molecule has 1 aromatic carbocycles. The van der Waals surface area contributed by atoms with Gasteiger partial charge in [-0.3, -0.25) is 0 Å². The van der Waals surface area contributed by atoms with Crippen LogP contribution < -0.4 is 5.32 Å². The number of likely N-dealkylation sites (N-methyl/N-ethyl adjacent to an activating group) is 1. The van der Waals surface area contributed by atoms with Gasteiger partial charge in [-0.05, 0) is 42.1 Å². The van der Waals surface area contributed by atoms with Gasteiger partial charge in [-0.2, -0.15) is 0 Å². The molecule has 0 spiro atoms. The average molecular weight is 356 g/mol. The van der Waals surface area contributed by atoms with Crippen LogP contribution in [0.15, 0.2) is 35.7 Å². The van der Waals surface area contributed by atoms with Gasteiger partial charge in [0.25, 0.3) is 0 Å². The minimum Gasteiger partial charge on any atom is -0.309 e. The minimum atomic E-state index is 0.274. The second kappa shape index (κ2) is 6.67. The van der Waals surface area contributed by atoms with Crippen molar-refractivity contribution in [2.45, 2.75) is 19.4 Å². The van der Waals surface area contributed by atoms with E-state index < -0.39 is 0 Å². The molecule has 3 aromatic rings. The van der Waals surface area contributed by atoms with E-state index >= 15 is 0 Å². The molecule has 2 heterocycles. The molecule has 0 amide bonds. The molecule has 21 heavy (non-hydrogen) atoms. The van der Waals surface area contributed by atoms with E-state index in [2.05, 4.69) is 35.8 Å². The van der Waals surface area contributed by atoms with Crippen molar-refractivity contribution in [1.29, 1.82) is 0 Å². The number of fused-ring (bicyclic) bond motifs is 1. The quantitative estimate of drug-likeness (QED) is 0.577. The summed E-state index contributed by atoms with van der Waals surface area (Å²) >= 11 is 16.1. The lowest BCUT2D eigenvalue weighted by atomic mass is 10.0. The summed E-state index contributed by atoms with van der Waals surface area (Å²) in [6, 6.07) is 10.6. The first-order valence-corrected chi connectivity index (χ1v) is 9.27. The van der Waals surface area contributed by atoms with E-state index in [1.54, 1.807) is 11.3 Å². The Bertz CT molecular complexity index is 719. The Balaban J connectivity index is 1.90. The highest BCUT2D eigenvalue weighted by molar-refractivity contribution is 7.26. The first kappa shape index (κ1) is 15.3. The first-order valence-electron chi connectivity index (χ1n) is 6.82. The zero-order valence-corrected chi connectivity index (χ0v) is 14.7. The average Bonchev–Trinajstić information content (AvgIpc) is 3.04. The van der Waals surface area contributed by atoms with E-state index in [1.165, 1.54) is 14.3 Å². The van der Waals surface area contributed by atoms with Crippen LogP contribution in [0.4, 0.5) is 0 Å². The van der Waals surface area contributed by atoms with E-state index in [0.717, 1.165) is 18.5 Å². The van der Waals surface area contributed by atoms with Gasteiger partial charge in [-0.15, -0.1) is 22.7 Å². The molecule has 0 aliphatic heterocycles. The fourth-order valence-corrected chi connectivity index (χ4v) is 4.99. The molecule has 1 unspecified atom stereocenters. The van der Waals surface area contributed by atoms with Crippen molar-refractivity contribution in [3.63, 3.8) is 0 Å². The Labute approximate surface area is 142 Å². The third-order valence-corrected chi connectivity index (χ3v) is 6.47. The molecule has 0 aliphatic carbocycles. The number of rotatable bonds is 5. The van der Waals surface area contributed by atoms with Crippen molar-refractivity contribution in [3.05, 3.63) is 56.2 Å². The summed E-state index contributed by atoms with van der Waals surface area (Å²) in [5, 5.41) is 6.99. The number of hydrogen-bond acceptors (Lipinski definition) is 3. The molecule has 1 atom stereocenters. The van der Waals surface area contributed by atoms with Gasteiger partial charge in [0.05, 0.1) is 10.0 Å². The predicted molar refractivity (Wildman–Crippen MR) is 96.3 cm³/mol. The van der Waals surface area contributed by atoms with Crippen molar-refractivity contribution in [2.24, 2.45) is 0 Å². The third kappa shape index (κ3) is 3.27. The standard InChI is InChI=1S/C16H15Cl2NS2/c1-2-19-12(8-10-4-3-5-11(17)16(10)18)14-9-15-13(21-14)6-7-20-15/h3-7,9,12,19H,2,8H2,1H3. The SMILES string of the molecule is CCNC(Cc1cccc(Cl)c1Cl)c1cc2sccc2s1. The van der Waals surface area contributed by atoms with Gasteiger partial charge < -0.3 is 5.32 Å². The number of halogens is 2. The molecule has 0 bridgehead atoms. The van der Waals surface area contributed by atoms with Crippen LogP contribution in [-0.4, -0.2) is 6.54 Å². The Morgan fingerprint density at radius 2 is 2.05 bits per heavy atom.